The second-order valence-electron chi connectivity index (χ2n) is 6.66. The smallest absolute Gasteiger partial charge is 0.249 e. The first-order chi connectivity index (χ1) is 8.41. The minimum Gasteiger partial charge on any atom is -0.344 e. The molecular formula is C14H25N3O. The zero-order valence-corrected chi connectivity index (χ0v) is 11.9. The van der Waals surface area contributed by atoms with E-state index < -0.39 is 0 Å². The van der Waals surface area contributed by atoms with E-state index in [4.69, 9.17) is 0 Å². The monoisotopic (exact) mass is 251 g/mol. The molecule has 0 aromatic heterocycles. The number of aliphatic imine (C=N–C) groups is 1. The third-order valence-corrected chi connectivity index (χ3v) is 4.51. The van der Waals surface area contributed by atoms with Gasteiger partial charge in [0.25, 0.3) is 0 Å². The largest absolute Gasteiger partial charge is 0.344 e. The van der Waals surface area contributed by atoms with Crippen LogP contribution in [0.2, 0.25) is 0 Å². The van der Waals surface area contributed by atoms with Gasteiger partial charge in [0.05, 0.1) is 0 Å². The van der Waals surface area contributed by atoms with Crippen molar-refractivity contribution in [1.82, 2.24) is 10.6 Å². The highest BCUT2D eigenvalue weighted by Crippen LogP contribution is 2.40. The highest BCUT2D eigenvalue weighted by Gasteiger charge is 2.38. The topological polar surface area (TPSA) is 53.5 Å². The van der Waals surface area contributed by atoms with Gasteiger partial charge in [0.15, 0.2) is 5.96 Å². The van der Waals surface area contributed by atoms with Crippen molar-refractivity contribution < 1.29 is 4.79 Å². The summed E-state index contributed by atoms with van der Waals surface area (Å²) in [7, 11) is 1.70. The lowest BCUT2D eigenvalue weighted by Crippen LogP contribution is -2.40. The molecule has 0 radical (unpaired) electrons. The van der Waals surface area contributed by atoms with Gasteiger partial charge in [-0.1, -0.05) is 20.8 Å². The molecule has 0 spiro atoms. The van der Waals surface area contributed by atoms with Gasteiger partial charge in [-0.15, -0.1) is 0 Å². The molecule has 2 fully saturated rings. The maximum absolute atomic E-state index is 11.9. The van der Waals surface area contributed by atoms with Crippen LogP contribution in [-0.2, 0) is 4.79 Å². The summed E-state index contributed by atoms with van der Waals surface area (Å²) >= 11 is 0. The van der Waals surface area contributed by atoms with E-state index in [0.717, 1.165) is 18.8 Å². The molecule has 4 heteroatoms. The van der Waals surface area contributed by atoms with E-state index in [1.165, 1.54) is 12.8 Å². The molecule has 18 heavy (non-hydrogen) atoms. The quantitative estimate of drug-likeness (QED) is 0.748. The van der Waals surface area contributed by atoms with Crippen LogP contribution in [0.5, 0.6) is 0 Å². The van der Waals surface area contributed by atoms with E-state index in [-0.39, 0.29) is 11.9 Å². The van der Waals surface area contributed by atoms with Gasteiger partial charge in [-0.25, -0.2) is 0 Å². The van der Waals surface area contributed by atoms with E-state index in [9.17, 15) is 4.79 Å². The van der Waals surface area contributed by atoms with Gasteiger partial charge < -0.3 is 5.32 Å². The van der Waals surface area contributed by atoms with Gasteiger partial charge in [-0.3, -0.25) is 15.1 Å². The minimum absolute atomic E-state index is 0.0652. The second-order valence-corrected chi connectivity index (χ2v) is 6.66. The van der Waals surface area contributed by atoms with Gasteiger partial charge in [-0.2, -0.15) is 0 Å². The highest BCUT2D eigenvalue weighted by molar-refractivity contribution is 6.06. The number of rotatable bonds is 1. The molecule has 2 aliphatic rings. The molecule has 0 aromatic rings. The molecule has 1 unspecified atom stereocenters. The number of amides is 1. The third-order valence-electron chi connectivity index (χ3n) is 4.51. The Bertz CT molecular complexity index is 349. The van der Waals surface area contributed by atoms with Crippen LogP contribution in [0.3, 0.4) is 0 Å². The maximum Gasteiger partial charge on any atom is 0.249 e. The summed E-state index contributed by atoms with van der Waals surface area (Å²) in [5.74, 6) is 1.97. The molecule has 1 heterocycles. The predicted molar refractivity (Wildman–Crippen MR) is 73.3 cm³/mol. The number of hydrogen-bond donors (Lipinski definition) is 2. The van der Waals surface area contributed by atoms with Crippen LogP contribution < -0.4 is 10.6 Å². The Morgan fingerprint density at radius 3 is 2.22 bits per heavy atom. The maximum atomic E-state index is 11.9. The molecule has 0 bridgehead atoms. The molecule has 1 atom stereocenters. The van der Waals surface area contributed by atoms with Crippen LogP contribution in [0.25, 0.3) is 0 Å². The van der Waals surface area contributed by atoms with E-state index in [2.05, 4.69) is 36.4 Å². The molecule has 1 amide bonds. The Labute approximate surface area is 110 Å². The van der Waals surface area contributed by atoms with Crippen molar-refractivity contribution >= 4 is 11.9 Å². The molecule has 1 aliphatic carbocycles. The van der Waals surface area contributed by atoms with Crippen LogP contribution in [0.4, 0.5) is 0 Å². The van der Waals surface area contributed by atoms with Crippen molar-refractivity contribution in [1.29, 1.82) is 0 Å². The molecule has 2 N–H and O–H groups in total. The van der Waals surface area contributed by atoms with Crippen molar-refractivity contribution in [2.24, 2.45) is 22.2 Å². The minimum atomic E-state index is -0.0652. The molecule has 0 aromatic carbocycles. The van der Waals surface area contributed by atoms with Crippen LogP contribution >= 0.6 is 0 Å². The Kier molecular flexibility index (Phi) is 3.64. The molecule has 4 nitrogen and oxygen atoms in total. The van der Waals surface area contributed by atoms with Crippen molar-refractivity contribution in [3.8, 4) is 0 Å². The summed E-state index contributed by atoms with van der Waals surface area (Å²) in [5.41, 5.74) is 0.395. The highest BCUT2D eigenvalue weighted by atomic mass is 16.2. The van der Waals surface area contributed by atoms with E-state index in [1.807, 2.05) is 0 Å². The molecule has 1 saturated heterocycles. The van der Waals surface area contributed by atoms with Gasteiger partial charge in [-0.05, 0) is 42.9 Å². The average Bonchev–Trinajstić information content (AvgIpc) is 2.70. The average molecular weight is 251 g/mol. The lowest BCUT2D eigenvalue weighted by Gasteiger charge is -2.38. The predicted octanol–water partition coefficient (Wildman–Crippen LogP) is 1.91. The fourth-order valence-corrected chi connectivity index (χ4v) is 3.21. The first-order valence-corrected chi connectivity index (χ1v) is 6.96. The standard InChI is InChI=1S/C14H25N3O/c1-14(2,3)10-7-5-9(6-8-10)11-12(18)17-13(15-4)16-11/h9-11H,5-8H2,1-4H3,(H2,15,16,17,18). The lowest BCUT2D eigenvalue weighted by molar-refractivity contribution is -0.121. The Morgan fingerprint density at radius 2 is 1.78 bits per heavy atom. The Hall–Kier alpha value is -1.06. The molecule has 102 valence electrons. The zero-order chi connectivity index (χ0) is 13.3. The van der Waals surface area contributed by atoms with Gasteiger partial charge in [0.1, 0.15) is 6.04 Å². The van der Waals surface area contributed by atoms with Gasteiger partial charge in [0, 0.05) is 7.05 Å². The van der Waals surface area contributed by atoms with E-state index in [0.29, 0.717) is 17.3 Å². The fourth-order valence-electron chi connectivity index (χ4n) is 3.21. The zero-order valence-electron chi connectivity index (χ0n) is 11.9. The number of carbonyl (C=O) groups excluding carboxylic acids is 1. The van der Waals surface area contributed by atoms with Gasteiger partial charge in [0.2, 0.25) is 5.91 Å². The van der Waals surface area contributed by atoms with E-state index in [1.54, 1.807) is 7.05 Å². The summed E-state index contributed by atoms with van der Waals surface area (Å²) in [4.78, 5) is 15.9. The third kappa shape index (κ3) is 2.68. The molecule has 2 rings (SSSR count). The van der Waals surface area contributed by atoms with Crippen molar-refractivity contribution in [3.63, 3.8) is 0 Å². The summed E-state index contributed by atoms with van der Waals surface area (Å²) in [6.45, 7) is 6.96. The first-order valence-electron chi connectivity index (χ1n) is 6.96. The Morgan fingerprint density at radius 1 is 1.17 bits per heavy atom. The van der Waals surface area contributed by atoms with Crippen LogP contribution in [0.1, 0.15) is 46.5 Å². The number of carbonyl (C=O) groups is 1. The van der Waals surface area contributed by atoms with Crippen molar-refractivity contribution in [2.45, 2.75) is 52.5 Å². The normalized spacial score (nSPS) is 35.4. The van der Waals surface area contributed by atoms with Crippen molar-refractivity contribution in [3.05, 3.63) is 0 Å². The summed E-state index contributed by atoms with van der Waals surface area (Å²) in [6.07, 6.45) is 4.75. The molecule has 1 saturated carbocycles. The lowest BCUT2D eigenvalue weighted by atomic mass is 9.68. The van der Waals surface area contributed by atoms with Crippen LogP contribution in [0.15, 0.2) is 4.99 Å². The van der Waals surface area contributed by atoms with Crippen LogP contribution in [-0.4, -0.2) is 25.0 Å². The fraction of sp³-hybridized carbons (Fsp3) is 0.857. The van der Waals surface area contributed by atoms with E-state index >= 15 is 0 Å². The van der Waals surface area contributed by atoms with Crippen LogP contribution in [0, 0.1) is 17.3 Å². The number of hydrogen-bond acceptors (Lipinski definition) is 2. The number of nitrogens with one attached hydrogen (secondary N) is 2. The summed E-state index contributed by atoms with van der Waals surface area (Å²) in [5, 5.41) is 6.00. The van der Waals surface area contributed by atoms with Crippen molar-refractivity contribution in [2.75, 3.05) is 7.05 Å². The Balaban J connectivity index is 1.93. The second kappa shape index (κ2) is 4.90. The van der Waals surface area contributed by atoms with Gasteiger partial charge >= 0.3 is 0 Å². The SMILES string of the molecule is CN=C1NC(=O)C(C2CCC(C(C)(C)C)CC2)N1. The molecular weight excluding hydrogens is 226 g/mol. The summed E-state index contributed by atoms with van der Waals surface area (Å²) < 4.78 is 0. The number of guanidine groups is 1. The molecule has 1 aliphatic heterocycles. The first kappa shape index (κ1) is 13.4. The summed E-state index contributed by atoms with van der Waals surface area (Å²) in [6, 6.07) is -0.0652. The number of nitrogens with zero attached hydrogens (tertiary/aromatic N) is 1.